The topological polar surface area (TPSA) is 125 Å². The molecule has 156 valence electrons. The lowest BCUT2D eigenvalue weighted by molar-refractivity contribution is -0.124. The van der Waals surface area contributed by atoms with Gasteiger partial charge < -0.3 is 19.3 Å². The van der Waals surface area contributed by atoms with E-state index < -0.39 is 34.4 Å². The maximum Gasteiger partial charge on any atom is 0.338 e. The van der Waals surface area contributed by atoms with Crippen molar-refractivity contribution in [2.24, 2.45) is 0 Å². The summed E-state index contributed by atoms with van der Waals surface area (Å²) in [5.74, 6) is 0.0408. The SMILES string of the molecule is Cc1noc(C)c1COc1ccc(C(=O)OCC(=O)N[C@H]2CCS(=O)(=O)C2)cc1. The van der Waals surface area contributed by atoms with Crippen LogP contribution in [-0.4, -0.2) is 49.6 Å². The molecule has 0 saturated carbocycles. The van der Waals surface area contributed by atoms with Gasteiger partial charge in [-0.2, -0.15) is 0 Å². The average Bonchev–Trinajstić information content (AvgIpc) is 3.19. The van der Waals surface area contributed by atoms with Crippen molar-refractivity contribution in [2.75, 3.05) is 18.1 Å². The molecule has 2 aromatic rings. The van der Waals surface area contributed by atoms with E-state index in [1.807, 2.05) is 6.92 Å². The summed E-state index contributed by atoms with van der Waals surface area (Å²) in [7, 11) is -3.09. The van der Waals surface area contributed by atoms with Crippen LogP contribution in [0.25, 0.3) is 0 Å². The Morgan fingerprint density at radius 2 is 1.97 bits per heavy atom. The van der Waals surface area contributed by atoms with Crippen LogP contribution in [0.1, 0.15) is 33.8 Å². The summed E-state index contributed by atoms with van der Waals surface area (Å²) in [5, 5.41) is 6.42. The molecule has 1 aromatic heterocycles. The minimum Gasteiger partial charge on any atom is -0.489 e. The van der Waals surface area contributed by atoms with E-state index in [4.69, 9.17) is 14.0 Å². The van der Waals surface area contributed by atoms with Crippen molar-refractivity contribution in [3.05, 3.63) is 46.8 Å². The molecule has 1 amide bonds. The number of amides is 1. The van der Waals surface area contributed by atoms with E-state index in [9.17, 15) is 18.0 Å². The first kappa shape index (κ1) is 20.8. The van der Waals surface area contributed by atoms with Crippen LogP contribution in [0.15, 0.2) is 28.8 Å². The molecule has 1 aliphatic rings. The Balaban J connectivity index is 1.45. The predicted molar refractivity (Wildman–Crippen MR) is 102 cm³/mol. The molecule has 0 unspecified atom stereocenters. The van der Waals surface area contributed by atoms with Gasteiger partial charge in [-0.3, -0.25) is 4.79 Å². The maximum atomic E-state index is 12.1. The molecule has 0 radical (unpaired) electrons. The second kappa shape index (κ2) is 8.64. The lowest BCUT2D eigenvalue weighted by atomic mass is 10.2. The molecule has 29 heavy (non-hydrogen) atoms. The lowest BCUT2D eigenvalue weighted by Gasteiger charge is -2.11. The molecular formula is C19H22N2O7S. The molecule has 0 bridgehead atoms. The van der Waals surface area contributed by atoms with Gasteiger partial charge in [0, 0.05) is 6.04 Å². The minimum absolute atomic E-state index is 0.0579. The zero-order valence-corrected chi connectivity index (χ0v) is 17.0. The van der Waals surface area contributed by atoms with Gasteiger partial charge in [0.05, 0.1) is 28.3 Å². The first-order chi connectivity index (χ1) is 13.7. The molecule has 1 atom stereocenters. The molecule has 1 aliphatic heterocycles. The third kappa shape index (κ3) is 5.57. The van der Waals surface area contributed by atoms with Crippen molar-refractivity contribution in [2.45, 2.75) is 32.9 Å². The Hall–Kier alpha value is -2.88. The summed E-state index contributed by atoms with van der Waals surface area (Å²) >= 11 is 0. The number of nitrogens with one attached hydrogen (secondary N) is 1. The summed E-state index contributed by atoms with van der Waals surface area (Å²) in [6.07, 6.45) is 0.372. The number of aromatic nitrogens is 1. The van der Waals surface area contributed by atoms with Gasteiger partial charge in [-0.05, 0) is 44.5 Å². The fourth-order valence-electron chi connectivity index (χ4n) is 2.94. The van der Waals surface area contributed by atoms with Gasteiger partial charge in [0.2, 0.25) is 0 Å². The van der Waals surface area contributed by atoms with Gasteiger partial charge in [-0.15, -0.1) is 0 Å². The monoisotopic (exact) mass is 422 g/mol. The number of carbonyl (C=O) groups excluding carboxylic acids is 2. The second-order valence-corrected chi connectivity index (χ2v) is 9.09. The van der Waals surface area contributed by atoms with E-state index in [2.05, 4.69) is 10.5 Å². The van der Waals surface area contributed by atoms with Crippen LogP contribution in [-0.2, 0) is 26.0 Å². The third-order valence-corrected chi connectivity index (χ3v) is 6.35. The zero-order chi connectivity index (χ0) is 21.0. The highest BCUT2D eigenvalue weighted by molar-refractivity contribution is 7.91. The van der Waals surface area contributed by atoms with Crippen LogP contribution in [0.5, 0.6) is 5.75 Å². The predicted octanol–water partition coefficient (Wildman–Crippen LogP) is 1.33. The normalized spacial score (nSPS) is 17.7. The first-order valence-electron chi connectivity index (χ1n) is 9.05. The van der Waals surface area contributed by atoms with Crippen molar-refractivity contribution >= 4 is 21.7 Å². The summed E-state index contributed by atoms with van der Waals surface area (Å²) < 4.78 is 38.5. The van der Waals surface area contributed by atoms with Gasteiger partial charge in [-0.25, -0.2) is 13.2 Å². The number of ether oxygens (including phenoxy) is 2. The second-order valence-electron chi connectivity index (χ2n) is 6.86. The number of esters is 1. The van der Waals surface area contributed by atoms with Crippen molar-refractivity contribution in [3.8, 4) is 5.75 Å². The van der Waals surface area contributed by atoms with Crippen molar-refractivity contribution in [1.29, 1.82) is 0 Å². The van der Waals surface area contributed by atoms with Gasteiger partial charge in [-0.1, -0.05) is 5.16 Å². The standard InChI is InChI=1S/C19H22N2O7S/c1-12-17(13(2)28-21-12)9-26-16-5-3-14(4-6-16)19(23)27-10-18(22)20-15-7-8-29(24,25)11-15/h3-6,15H,7-11H2,1-2H3,(H,20,22)/t15-/m0/s1. The molecule has 1 N–H and O–H groups in total. The molecule has 0 aliphatic carbocycles. The van der Waals surface area contributed by atoms with E-state index in [0.717, 1.165) is 11.3 Å². The quantitative estimate of drug-likeness (QED) is 0.663. The molecule has 10 heteroatoms. The fourth-order valence-corrected chi connectivity index (χ4v) is 4.62. The molecule has 0 spiro atoms. The first-order valence-corrected chi connectivity index (χ1v) is 10.9. The highest BCUT2D eigenvalue weighted by Gasteiger charge is 2.29. The van der Waals surface area contributed by atoms with Crippen LogP contribution in [0, 0.1) is 13.8 Å². The van der Waals surface area contributed by atoms with Crippen LogP contribution >= 0.6 is 0 Å². The third-order valence-electron chi connectivity index (χ3n) is 4.59. The summed E-state index contributed by atoms with van der Waals surface area (Å²) in [4.78, 5) is 23.9. The van der Waals surface area contributed by atoms with E-state index in [-0.39, 0.29) is 17.1 Å². The molecule has 2 heterocycles. The molecule has 3 rings (SSSR count). The highest BCUT2D eigenvalue weighted by atomic mass is 32.2. The highest BCUT2D eigenvalue weighted by Crippen LogP contribution is 2.18. The minimum atomic E-state index is -3.09. The van der Waals surface area contributed by atoms with Crippen LogP contribution in [0.2, 0.25) is 0 Å². The van der Waals surface area contributed by atoms with Crippen LogP contribution in [0.3, 0.4) is 0 Å². The number of nitrogens with zero attached hydrogens (tertiary/aromatic N) is 1. The van der Waals surface area contributed by atoms with Crippen LogP contribution < -0.4 is 10.1 Å². The molecule has 9 nitrogen and oxygen atoms in total. The van der Waals surface area contributed by atoms with E-state index in [1.54, 1.807) is 19.1 Å². The lowest BCUT2D eigenvalue weighted by Crippen LogP contribution is -2.38. The number of sulfone groups is 1. The Kier molecular flexibility index (Phi) is 6.21. The van der Waals surface area contributed by atoms with E-state index in [0.29, 0.717) is 24.5 Å². The molecule has 1 aromatic carbocycles. The smallest absolute Gasteiger partial charge is 0.338 e. The van der Waals surface area contributed by atoms with Gasteiger partial charge >= 0.3 is 5.97 Å². The molecule has 1 saturated heterocycles. The number of rotatable bonds is 7. The average molecular weight is 422 g/mol. The largest absolute Gasteiger partial charge is 0.489 e. The molecule has 1 fully saturated rings. The Morgan fingerprint density at radius 1 is 1.24 bits per heavy atom. The van der Waals surface area contributed by atoms with Crippen LogP contribution in [0.4, 0.5) is 0 Å². The van der Waals surface area contributed by atoms with E-state index in [1.165, 1.54) is 12.1 Å². The Morgan fingerprint density at radius 3 is 2.55 bits per heavy atom. The number of carbonyl (C=O) groups is 2. The summed E-state index contributed by atoms with van der Waals surface area (Å²) in [6, 6.07) is 5.88. The van der Waals surface area contributed by atoms with Gasteiger partial charge in [0.15, 0.2) is 16.4 Å². The van der Waals surface area contributed by atoms with Crippen molar-refractivity contribution in [3.63, 3.8) is 0 Å². The maximum absolute atomic E-state index is 12.1. The number of aryl methyl sites for hydroxylation is 2. The zero-order valence-electron chi connectivity index (χ0n) is 16.1. The van der Waals surface area contributed by atoms with E-state index >= 15 is 0 Å². The fraction of sp³-hybridized carbons (Fsp3) is 0.421. The number of hydrogen-bond donors (Lipinski definition) is 1. The van der Waals surface area contributed by atoms with Gasteiger partial charge in [0.25, 0.3) is 5.91 Å². The Bertz CT molecular complexity index is 977. The van der Waals surface area contributed by atoms with Crippen molar-refractivity contribution in [1.82, 2.24) is 10.5 Å². The summed E-state index contributed by atoms with van der Waals surface area (Å²) in [5.41, 5.74) is 1.90. The van der Waals surface area contributed by atoms with Gasteiger partial charge in [0.1, 0.15) is 18.1 Å². The number of benzene rings is 1. The summed E-state index contributed by atoms with van der Waals surface area (Å²) in [6.45, 7) is 3.46. The number of hydrogen-bond acceptors (Lipinski definition) is 8. The Labute approximate surface area is 168 Å². The molecular weight excluding hydrogens is 400 g/mol. The van der Waals surface area contributed by atoms with Crippen molar-refractivity contribution < 1.29 is 32.0 Å².